The highest BCUT2D eigenvalue weighted by molar-refractivity contribution is 9.10. The lowest BCUT2D eigenvalue weighted by atomic mass is 9.83. The number of carbonyl (C=O) groups is 1. The van der Waals surface area contributed by atoms with Crippen molar-refractivity contribution in [2.75, 3.05) is 5.33 Å². The molecule has 0 saturated heterocycles. The summed E-state index contributed by atoms with van der Waals surface area (Å²) in [6.45, 7) is 2.09. The van der Waals surface area contributed by atoms with Crippen molar-refractivity contribution in [1.82, 2.24) is 0 Å². The monoisotopic (exact) mass is 386 g/mol. The van der Waals surface area contributed by atoms with E-state index >= 15 is 0 Å². The van der Waals surface area contributed by atoms with Crippen LogP contribution in [-0.4, -0.2) is 15.4 Å². The zero-order valence-corrected chi connectivity index (χ0v) is 14.5. The number of ketones is 1. The summed E-state index contributed by atoms with van der Waals surface area (Å²) in [5, 5.41) is 0.962. The van der Waals surface area contributed by atoms with E-state index in [1.54, 1.807) is 0 Å². The molecule has 0 aromatic heterocycles. The number of carbonyl (C=O) groups excluding carboxylic acids is 1. The normalized spacial score (nSPS) is 18.3. The molecule has 0 radical (unpaired) electrons. The number of aryl methyl sites for hydroxylation is 2. The van der Waals surface area contributed by atoms with Gasteiger partial charge in [0.2, 0.25) is 0 Å². The van der Waals surface area contributed by atoms with Gasteiger partial charge in [-0.2, -0.15) is 0 Å². The predicted octanol–water partition coefficient (Wildman–Crippen LogP) is 5.21. The predicted molar refractivity (Wildman–Crippen MR) is 87.8 cm³/mol. The van der Waals surface area contributed by atoms with E-state index in [0.717, 1.165) is 43.0 Å². The molecule has 0 amide bonds. The van der Waals surface area contributed by atoms with E-state index in [1.807, 2.05) is 6.07 Å². The summed E-state index contributed by atoms with van der Waals surface area (Å²) in [4.78, 5) is 12.7. The van der Waals surface area contributed by atoms with Crippen molar-refractivity contribution in [2.24, 2.45) is 0 Å². The van der Waals surface area contributed by atoms with E-state index in [4.69, 9.17) is 0 Å². The Bertz CT molecular complexity index is 462. The smallest absolute Gasteiger partial charge is 0.179 e. The van der Waals surface area contributed by atoms with Crippen molar-refractivity contribution in [3.05, 3.63) is 34.9 Å². The van der Waals surface area contributed by atoms with Crippen LogP contribution in [0.1, 0.15) is 53.6 Å². The third-order valence-corrected chi connectivity index (χ3v) is 5.57. The van der Waals surface area contributed by atoms with Crippen LogP contribution in [0.3, 0.4) is 0 Å². The van der Waals surface area contributed by atoms with E-state index in [1.165, 1.54) is 17.5 Å². The van der Waals surface area contributed by atoms with Crippen molar-refractivity contribution in [1.29, 1.82) is 0 Å². The average Bonchev–Trinajstić information content (AvgIpc) is 2.41. The standard InChI is InChI=1S/C16H20Br2O/c1-12-11-14(6-5-13(12)7-10-17)15(19)16(18)8-3-2-4-9-16/h5-6,11H,2-4,7-10H2,1H3. The number of hydrogen-bond acceptors (Lipinski definition) is 1. The highest BCUT2D eigenvalue weighted by Crippen LogP contribution is 2.38. The zero-order chi connectivity index (χ0) is 13.9. The first-order chi connectivity index (χ1) is 9.07. The van der Waals surface area contributed by atoms with Crippen molar-refractivity contribution in [3.63, 3.8) is 0 Å². The van der Waals surface area contributed by atoms with Gasteiger partial charge in [-0.3, -0.25) is 4.79 Å². The molecule has 1 aliphatic rings. The zero-order valence-electron chi connectivity index (χ0n) is 11.3. The second kappa shape index (κ2) is 6.53. The van der Waals surface area contributed by atoms with Crippen LogP contribution in [0.2, 0.25) is 0 Å². The molecule has 1 nitrogen and oxygen atoms in total. The third kappa shape index (κ3) is 3.49. The molecule has 0 atom stereocenters. The molecule has 1 fully saturated rings. The fourth-order valence-corrected chi connectivity index (χ4v) is 4.03. The molecule has 1 aromatic carbocycles. The number of halogens is 2. The first kappa shape index (κ1) is 15.2. The molecule has 1 aliphatic carbocycles. The van der Waals surface area contributed by atoms with Gasteiger partial charge in [-0.1, -0.05) is 63.3 Å². The lowest BCUT2D eigenvalue weighted by molar-refractivity contribution is 0.0923. The topological polar surface area (TPSA) is 17.1 Å². The van der Waals surface area contributed by atoms with Crippen molar-refractivity contribution in [2.45, 2.75) is 49.8 Å². The fraction of sp³-hybridized carbons (Fsp3) is 0.562. The van der Waals surface area contributed by atoms with E-state index in [9.17, 15) is 4.79 Å². The van der Waals surface area contributed by atoms with Gasteiger partial charge in [0.25, 0.3) is 0 Å². The summed E-state index contributed by atoms with van der Waals surface area (Å²) in [6.07, 6.45) is 6.50. The van der Waals surface area contributed by atoms with Crippen LogP contribution in [0.5, 0.6) is 0 Å². The molecule has 0 aliphatic heterocycles. The lowest BCUT2D eigenvalue weighted by Crippen LogP contribution is -2.34. The van der Waals surface area contributed by atoms with Crippen LogP contribution in [0, 0.1) is 6.92 Å². The Hall–Kier alpha value is -0.150. The first-order valence-corrected chi connectivity index (χ1v) is 8.87. The molecule has 0 unspecified atom stereocenters. The Kier molecular flexibility index (Phi) is 5.24. The van der Waals surface area contributed by atoms with E-state index in [-0.39, 0.29) is 10.1 Å². The molecule has 19 heavy (non-hydrogen) atoms. The summed E-state index contributed by atoms with van der Waals surface area (Å²) in [7, 11) is 0. The van der Waals surface area contributed by atoms with Crippen molar-refractivity contribution in [3.8, 4) is 0 Å². The molecule has 1 aromatic rings. The highest BCUT2D eigenvalue weighted by atomic mass is 79.9. The van der Waals surface area contributed by atoms with Crippen LogP contribution in [0.25, 0.3) is 0 Å². The number of rotatable bonds is 4. The Labute approximate surface area is 132 Å². The minimum Gasteiger partial charge on any atom is -0.293 e. The van der Waals surface area contributed by atoms with E-state index < -0.39 is 0 Å². The average molecular weight is 388 g/mol. The van der Waals surface area contributed by atoms with Gasteiger partial charge in [0.1, 0.15) is 0 Å². The van der Waals surface area contributed by atoms with Crippen LogP contribution < -0.4 is 0 Å². The second-order valence-electron chi connectivity index (χ2n) is 5.44. The lowest BCUT2D eigenvalue weighted by Gasteiger charge is -2.30. The molecule has 104 valence electrons. The minimum absolute atomic E-state index is 0.265. The van der Waals surface area contributed by atoms with E-state index in [0.29, 0.717) is 0 Å². The SMILES string of the molecule is Cc1cc(C(=O)C2(Br)CCCCC2)ccc1CCBr. The van der Waals surface area contributed by atoms with Crippen molar-refractivity contribution < 1.29 is 4.79 Å². The number of hydrogen-bond donors (Lipinski definition) is 0. The minimum atomic E-state index is -0.311. The maximum Gasteiger partial charge on any atom is 0.179 e. The Morgan fingerprint density at radius 2 is 1.95 bits per heavy atom. The van der Waals surface area contributed by atoms with E-state index in [2.05, 4.69) is 50.9 Å². The Morgan fingerprint density at radius 3 is 2.53 bits per heavy atom. The molecular weight excluding hydrogens is 368 g/mol. The van der Waals surface area contributed by atoms with Gasteiger partial charge in [-0.15, -0.1) is 0 Å². The largest absolute Gasteiger partial charge is 0.293 e. The summed E-state index contributed by atoms with van der Waals surface area (Å²) < 4.78 is -0.311. The summed E-state index contributed by atoms with van der Waals surface area (Å²) >= 11 is 7.18. The number of benzene rings is 1. The van der Waals surface area contributed by atoms with Gasteiger partial charge in [0, 0.05) is 10.9 Å². The van der Waals surface area contributed by atoms with Gasteiger partial charge in [-0.25, -0.2) is 0 Å². The maximum absolute atomic E-state index is 12.7. The van der Waals surface area contributed by atoms with Crippen LogP contribution in [-0.2, 0) is 6.42 Å². The molecule has 1 saturated carbocycles. The van der Waals surface area contributed by atoms with Gasteiger partial charge in [0.05, 0.1) is 4.32 Å². The maximum atomic E-state index is 12.7. The highest BCUT2D eigenvalue weighted by Gasteiger charge is 2.37. The molecule has 2 rings (SSSR count). The van der Waals surface area contributed by atoms with Crippen LogP contribution in [0.4, 0.5) is 0 Å². The summed E-state index contributed by atoms with van der Waals surface area (Å²) in [6, 6.07) is 6.14. The summed E-state index contributed by atoms with van der Waals surface area (Å²) in [5.74, 6) is 0.265. The summed E-state index contributed by atoms with van der Waals surface area (Å²) in [5.41, 5.74) is 3.40. The van der Waals surface area contributed by atoms with Gasteiger partial charge < -0.3 is 0 Å². The molecule has 0 N–H and O–H groups in total. The Balaban J connectivity index is 2.21. The molecule has 3 heteroatoms. The van der Waals surface area contributed by atoms with Crippen LogP contribution in [0.15, 0.2) is 18.2 Å². The van der Waals surface area contributed by atoms with Crippen LogP contribution >= 0.6 is 31.9 Å². The fourth-order valence-electron chi connectivity index (χ4n) is 2.82. The van der Waals surface area contributed by atoms with Gasteiger partial charge in [-0.05, 0) is 43.4 Å². The molecule has 0 bridgehead atoms. The first-order valence-electron chi connectivity index (χ1n) is 6.96. The van der Waals surface area contributed by atoms with Gasteiger partial charge >= 0.3 is 0 Å². The number of Topliss-reactive ketones (excluding diaryl/α,β-unsaturated/α-hetero) is 1. The quantitative estimate of drug-likeness (QED) is 0.511. The van der Waals surface area contributed by atoms with Gasteiger partial charge in [0.15, 0.2) is 5.78 Å². The Morgan fingerprint density at radius 1 is 1.26 bits per heavy atom. The van der Waals surface area contributed by atoms with Crippen molar-refractivity contribution >= 4 is 37.6 Å². The number of alkyl halides is 2. The third-order valence-electron chi connectivity index (χ3n) is 4.02. The molecular formula is C16H20Br2O. The molecule has 0 heterocycles. The molecule has 0 spiro atoms. The second-order valence-corrected chi connectivity index (χ2v) is 7.75.